The fourth-order valence-corrected chi connectivity index (χ4v) is 1.31. The third-order valence-corrected chi connectivity index (χ3v) is 2.87. The Balaban J connectivity index is 0.000000791. The van der Waals surface area contributed by atoms with E-state index in [1.54, 1.807) is 0 Å². The zero-order valence-corrected chi connectivity index (χ0v) is 10.6. The van der Waals surface area contributed by atoms with E-state index < -0.39 is 0 Å². The van der Waals surface area contributed by atoms with Crippen LogP contribution < -0.4 is 5.32 Å². The molecule has 1 saturated heterocycles. The molecule has 0 saturated carbocycles. The van der Waals surface area contributed by atoms with Gasteiger partial charge in [0.2, 0.25) is 0 Å². The van der Waals surface area contributed by atoms with Gasteiger partial charge in [0.15, 0.2) is 0 Å². The number of hydrogen-bond donors (Lipinski definition) is 1. The molecule has 86 valence electrons. The van der Waals surface area contributed by atoms with E-state index in [0.29, 0.717) is 6.10 Å². The van der Waals surface area contributed by atoms with Crippen LogP contribution in [0.2, 0.25) is 0 Å². The molecule has 0 spiro atoms. The lowest BCUT2D eigenvalue weighted by Gasteiger charge is -2.41. The van der Waals surface area contributed by atoms with Gasteiger partial charge in [0, 0.05) is 18.6 Å². The van der Waals surface area contributed by atoms with Gasteiger partial charge in [-0.3, -0.25) is 0 Å². The summed E-state index contributed by atoms with van der Waals surface area (Å²) in [4.78, 5) is 2.21. The number of hydrogen-bond acceptors (Lipinski definition) is 3. The Bertz CT molecular complexity index is 140. The molecule has 0 bridgehead atoms. The molecule has 0 radical (unpaired) electrons. The van der Waals surface area contributed by atoms with E-state index in [0.717, 1.165) is 19.7 Å². The van der Waals surface area contributed by atoms with Gasteiger partial charge in [0.1, 0.15) is 0 Å². The minimum atomic E-state index is 0.118. The third-order valence-electron chi connectivity index (χ3n) is 2.87. The molecule has 1 aliphatic rings. The van der Waals surface area contributed by atoms with Crippen molar-refractivity contribution in [3.63, 3.8) is 0 Å². The summed E-state index contributed by atoms with van der Waals surface area (Å²) in [6.07, 6.45) is 0.307. The van der Waals surface area contributed by atoms with E-state index in [-0.39, 0.29) is 5.54 Å². The Morgan fingerprint density at radius 2 is 1.86 bits per heavy atom. The van der Waals surface area contributed by atoms with Gasteiger partial charge in [-0.25, -0.2) is 0 Å². The fraction of sp³-hybridized carbons (Fsp3) is 1.00. The first-order valence-corrected chi connectivity index (χ1v) is 5.55. The maximum atomic E-state index is 5.70. The van der Waals surface area contributed by atoms with E-state index >= 15 is 0 Å². The van der Waals surface area contributed by atoms with Crippen molar-refractivity contribution in [2.45, 2.75) is 39.3 Å². The van der Waals surface area contributed by atoms with Crippen LogP contribution in [0.5, 0.6) is 0 Å². The maximum Gasteiger partial charge on any atom is 0.0877 e. The average Bonchev–Trinajstić information content (AvgIpc) is 2.22. The lowest BCUT2D eigenvalue weighted by Crippen LogP contribution is -2.56. The molecule has 1 aliphatic heterocycles. The number of morpholine rings is 1. The minimum absolute atomic E-state index is 0.118. The van der Waals surface area contributed by atoms with Crippen molar-refractivity contribution in [1.82, 2.24) is 10.2 Å². The molecule has 3 nitrogen and oxygen atoms in total. The van der Waals surface area contributed by atoms with Crippen molar-refractivity contribution in [1.29, 1.82) is 0 Å². The standard InChI is InChI=1S/C9H20N2O.C2H6/c1-9(2,11(3)4)8-7-10-5-6-12-8;1-2/h8,10H,5-7H2,1-4H3;1-2H3. The largest absolute Gasteiger partial charge is 0.374 e. The van der Waals surface area contributed by atoms with Crippen molar-refractivity contribution in [3.05, 3.63) is 0 Å². The Kier molecular flexibility index (Phi) is 6.33. The summed E-state index contributed by atoms with van der Waals surface area (Å²) in [5, 5.41) is 3.34. The van der Waals surface area contributed by atoms with Crippen LogP contribution in [-0.2, 0) is 4.74 Å². The molecule has 0 amide bonds. The SMILES string of the molecule is CC.CN(C)C(C)(C)C1CNCCO1. The Morgan fingerprint density at radius 1 is 1.29 bits per heavy atom. The van der Waals surface area contributed by atoms with Crippen molar-refractivity contribution >= 4 is 0 Å². The molecular formula is C11H26N2O. The molecule has 0 aromatic rings. The normalized spacial score (nSPS) is 22.9. The van der Waals surface area contributed by atoms with Gasteiger partial charge < -0.3 is 15.0 Å². The Morgan fingerprint density at radius 3 is 2.21 bits per heavy atom. The molecule has 1 heterocycles. The molecule has 3 heteroatoms. The monoisotopic (exact) mass is 202 g/mol. The van der Waals surface area contributed by atoms with Crippen molar-refractivity contribution < 1.29 is 4.74 Å². The predicted octanol–water partition coefficient (Wildman–Crippen LogP) is 1.34. The van der Waals surface area contributed by atoms with Gasteiger partial charge in [-0.05, 0) is 27.9 Å². The Labute approximate surface area is 88.8 Å². The molecular weight excluding hydrogens is 176 g/mol. The van der Waals surface area contributed by atoms with Crippen LogP contribution in [-0.4, -0.2) is 50.3 Å². The molecule has 0 aromatic carbocycles. The van der Waals surface area contributed by atoms with E-state index in [4.69, 9.17) is 4.74 Å². The van der Waals surface area contributed by atoms with Crippen molar-refractivity contribution in [2.24, 2.45) is 0 Å². The van der Waals surface area contributed by atoms with Gasteiger partial charge in [0.25, 0.3) is 0 Å². The summed E-state index contributed by atoms with van der Waals surface area (Å²) in [7, 11) is 4.19. The Hall–Kier alpha value is -0.120. The van der Waals surface area contributed by atoms with E-state index in [9.17, 15) is 0 Å². The van der Waals surface area contributed by atoms with Gasteiger partial charge in [-0.1, -0.05) is 13.8 Å². The van der Waals surface area contributed by atoms with E-state index in [2.05, 4.69) is 38.2 Å². The molecule has 0 aromatic heterocycles. The summed E-state index contributed by atoms with van der Waals surface area (Å²) in [5.41, 5.74) is 0.118. The van der Waals surface area contributed by atoms with Crippen molar-refractivity contribution in [3.8, 4) is 0 Å². The van der Waals surface area contributed by atoms with E-state index in [1.165, 1.54) is 0 Å². The summed E-state index contributed by atoms with van der Waals surface area (Å²) >= 11 is 0. The highest BCUT2D eigenvalue weighted by Crippen LogP contribution is 2.19. The first-order chi connectivity index (χ1) is 6.55. The number of rotatable bonds is 2. The fourth-order valence-electron chi connectivity index (χ4n) is 1.31. The maximum absolute atomic E-state index is 5.70. The van der Waals surface area contributed by atoms with Gasteiger partial charge >= 0.3 is 0 Å². The number of nitrogens with one attached hydrogen (secondary N) is 1. The first kappa shape index (κ1) is 13.9. The lowest BCUT2D eigenvalue weighted by molar-refractivity contribution is -0.0564. The highest BCUT2D eigenvalue weighted by molar-refractivity contribution is 4.89. The highest BCUT2D eigenvalue weighted by atomic mass is 16.5. The van der Waals surface area contributed by atoms with Crippen LogP contribution in [0, 0.1) is 0 Å². The summed E-state index contributed by atoms with van der Waals surface area (Å²) in [5.74, 6) is 0. The topological polar surface area (TPSA) is 24.5 Å². The van der Waals surface area contributed by atoms with Crippen LogP contribution in [0.15, 0.2) is 0 Å². The second-order valence-electron chi connectivity index (χ2n) is 4.11. The van der Waals surface area contributed by atoms with Crippen LogP contribution >= 0.6 is 0 Å². The quantitative estimate of drug-likeness (QED) is 0.731. The molecule has 1 rings (SSSR count). The zero-order valence-electron chi connectivity index (χ0n) is 10.6. The van der Waals surface area contributed by atoms with Gasteiger partial charge in [-0.2, -0.15) is 0 Å². The number of ether oxygens (including phenoxy) is 1. The van der Waals surface area contributed by atoms with Crippen LogP contribution in [0.25, 0.3) is 0 Å². The number of likely N-dealkylation sites (N-methyl/N-ethyl adjacent to an activating group) is 1. The van der Waals surface area contributed by atoms with E-state index in [1.807, 2.05) is 13.8 Å². The summed E-state index contributed by atoms with van der Waals surface area (Å²) in [6.45, 7) is 11.2. The second-order valence-corrected chi connectivity index (χ2v) is 4.11. The van der Waals surface area contributed by atoms with Gasteiger partial charge in [0.05, 0.1) is 12.7 Å². The van der Waals surface area contributed by atoms with Crippen LogP contribution in [0.1, 0.15) is 27.7 Å². The summed E-state index contributed by atoms with van der Waals surface area (Å²) in [6, 6.07) is 0. The average molecular weight is 202 g/mol. The summed E-state index contributed by atoms with van der Waals surface area (Å²) < 4.78 is 5.70. The molecule has 14 heavy (non-hydrogen) atoms. The minimum Gasteiger partial charge on any atom is -0.374 e. The molecule has 1 fully saturated rings. The molecule has 0 aliphatic carbocycles. The van der Waals surface area contributed by atoms with Crippen LogP contribution in [0.3, 0.4) is 0 Å². The first-order valence-electron chi connectivity index (χ1n) is 5.55. The third kappa shape index (κ3) is 3.56. The smallest absolute Gasteiger partial charge is 0.0877 e. The van der Waals surface area contributed by atoms with Crippen molar-refractivity contribution in [2.75, 3.05) is 33.8 Å². The molecule has 1 N–H and O–H groups in total. The second kappa shape index (κ2) is 6.38. The van der Waals surface area contributed by atoms with Crippen LogP contribution in [0.4, 0.5) is 0 Å². The molecule has 1 atom stereocenters. The molecule has 1 unspecified atom stereocenters. The number of nitrogens with zero attached hydrogens (tertiary/aromatic N) is 1. The van der Waals surface area contributed by atoms with Gasteiger partial charge in [-0.15, -0.1) is 0 Å². The predicted molar refractivity (Wildman–Crippen MR) is 61.7 cm³/mol. The zero-order chi connectivity index (χ0) is 11.2. The highest BCUT2D eigenvalue weighted by Gasteiger charge is 2.33. The lowest BCUT2D eigenvalue weighted by atomic mass is 9.95.